The first-order chi connectivity index (χ1) is 4.66. The normalized spacial score (nSPS) is 11.3. The average Bonchev–Trinajstić information content (AvgIpc) is 1.60. The second kappa shape index (κ2) is 5.35. The predicted octanol–water partition coefficient (Wildman–Crippen LogP) is 1.25. The third kappa shape index (κ3) is 8.59. The first-order valence-corrected chi connectivity index (χ1v) is 7.07. The van der Waals surface area contributed by atoms with Crippen LogP contribution in [0.15, 0.2) is 0 Å². The summed E-state index contributed by atoms with van der Waals surface area (Å²) < 4.78 is 0. The van der Waals surface area contributed by atoms with Crippen molar-refractivity contribution in [2.24, 2.45) is 11.5 Å². The number of rotatable bonds is 1. The van der Waals surface area contributed by atoms with Crippen LogP contribution in [-0.4, -0.2) is 31.4 Å². The van der Waals surface area contributed by atoms with Gasteiger partial charge in [-0.25, -0.2) is 0 Å². The topological polar surface area (TPSA) is 52.0 Å². The molecule has 0 aliphatic heterocycles. The molecule has 0 spiro atoms. The van der Waals surface area contributed by atoms with Gasteiger partial charge in [0.2, 0.25) is 0 Å². The van der Waals surface area contributed by atoms with Crippen LogP contribution in [0.2, 0.25) is 10.1 Å². The van der Waals surface area contributed by atoms with Gasteiger partial charge in [-0.2, -0.15) is 10.1 Å². The smallest absolute Gasteiger partial charge is 0.324 e. The van der Waals surface area contributed by atoms with Crippen molar-refractivity contribution in [3.8, 4) is 0 Å². The Kier molecular flexibility index (Phi) is 6.92. The molecule has 0 aromatic carbocycles. The largest absolute Gasteiger partial charge is 0.356 e. The molecule has 0 aliphatic carbocycles. The maximum Gasteiger partial charge on any atom is 0.356 e. The van der Waals surface area contributed by atoms with E-state index in [4.69, 9.17) is 11.5 Å². The van der Waals surface area contributed by atoms with Crippen LogP contribution in [0.3, 0.4) is 0 Å². The Balaban J connectivity index is 0. The van der Waals surface area contributed by atoms with Crippen molar-refractivity contribution in [2.75, 3.05) is 0 Å². The fourth-order valence-electron chi connectivity index (χ4n) is 0. The van der Waals surface area contributed by atoms with Gasteiger partial charge in [0.05, 0.1) is 0 Å². The molecule has 0 amide bonds. The van der Waals surface area contributed by atoms with Gasteiger partial charge < -0.3 is 11.5 Å². The molecule has 0 unspecified atom stereocenters. The third-order valence-corrected chi connectivity index (χ3v) is 1.66. The molecule has 0 aromatic heterocycles. The second-order valence-corrected chi connectivity index (χ2v) is 5.56. The molecule has 0 atom stereocenters. The molecular weight excluding hydrogens is 148 g/mol. The monoisotopic (exact) mass is 170 g/mol. The minimum Gasteiger partial charge on any atom is -0.324 e. The zero-order chi connectivity index (χ0) is 9.71. The summed E-state index contributed by atoms with van der Waals surface area (Å²) in [5, 5.41) is 4.53. The van der Waals surface area contributed by atoms with E-state index in [1.165, 1.54) is 0 Å². The Morgan fingerprint density at radius 2 is 0.909 bits per heavy atom. The van der Waals surface area contributed by atoms with Crippen LogP contribution in [-0.2, 0) is 0 Å². The quantitative estimate of drug-likeness (QED) is 0.582. The fraction of sp³-hybridized carbons (Fsp3) is 1.00. The molecule has 66 valence electrons. The first kappa shape index (κ1) is 14.2. The summed E-state index contributed by atoms with van der Waals surface area (Å²) in [6.07, 6.45) is 0. The van der Waals surface area contributed by atoms with E-state index in [9.17, 15) is 0 Å². The molecular formula is C8H22MgN2. The molecule has 0 rings (SSSR count). The molecule has 0 fully saturated rings. The summed E-state index contributed by atoms with van der Waals surface area (Å²) in [6, 6.07) is 0. The van der Waals surface area contributed by atoms with Gasteiger partial charge in [-0.1, -0.05) is 0 Å². The van der Waals surface area contributed by atoms with Gasteiger partial charge in [0.25, 0.3) is 0 Å². The van der Waals surface area contributed by atoms with E-state index in [-0.39, 0.29) is 11.1 Å². The van der Waals surface area contributed by atoms with Crippen molar-refractivity contribution in [1.29, 1.82) is 0 Å². The second-order valence-electron chi connectivity index (χ2n) is 4.15. The lowest BCUT2D eigenvalue weighted by Gasteiger charge is -2.34. The SMILES string of the molecule is CC(C)(N)C(C)(C)N.[CH3][Mg][CH3]. The molecule has 3 heteroatoms. The van der Waals surface area contributed by atoms with Gasteiger partial charge >= 0.3 is 20.4 Å². The van der Waals surface area contributed by atoms with Crippen molar-refractivity contribution in [3.63, 3.8) is 0 Å². The maximum absolute atomic E-state index is 5.69. The fourth-order valence-corrected chi connectivity index (χ4v) is 0. The minimum absolute atomic E-state index is 0.285. The molecule has 0 radical (unpaired) electrons. The summed E-state index contributed by atoms with van der Waals surface area (Å²) in [5.74, 6) is 0. The zero-order valence-electron chi connectivity index (χ0n) is 8.86. The highest BCUT2D eigenvalue weighted by Gasteiger charge is 2.28. The van der Waals surface area contributed by atoms with Crippen LogP contribution in [0.4, 0.5) is 0 Å². The average molecular weight is 171 g/mol. The highest BCUT2D eigenvalue weighted by molar-refractivity contribution is 6.31. The highest BCUT2D eigenvalue weighted by Crippen LogP contribution is 2.13. The maximum atomic E-state index is 5.69. The van der Waals surface area contributed by atoms with Gasteiger partial charge in [0.1, 0.15) is 0 Å². The molecule has 0 bridgehead atoms. The van der Waals surface area contributed by atoms with E-state index in [0.29, 0.717) is 20.4 Å². The van der Waals surface area contributed by atoms with Gasteiger partial charge in [-0.05, 0) is 27.7 Å². The van der Waals surface area contributed by atoms with Crippen molar-refractivity contribution in [3.05, 3.63) is 0 Å². The van der Waals surface area contributed by atoms with Crippen molar-refractivity contribution in [2.45, 2.75) is 48.9 Å². The van der Waals surface area contributed by atoms with Crippen LogP contribution in [0.1, 0.15) is 27.7 Å². The molecule has 0 saturated heterocycles. The van der Waals surface area contributed by atoms with Crippen LogP contribution in [0.5, 0.6) is 0 Å². The lowest BCUT2D eigenvalue weighted by atomic mass is 9.85. The van der Waals surface area contributed by atoms with Crippen molar-refractivity contribution >= 4 is 20.4 Å². The van der Waals surface area contributed by atoms with Crippen LogP contribution in [0, 0.1) is 0 Å². The number of hydrogen-bond acceptors (Lipinski definition) is 2. The van der Waals surface area contributed by atoms with E-state index in [2.05, 4.69) is 10.1 Å². The molecule has 4 N–H and O–H groups in total. The summed E-state index contributed by atoms with van der Waals surface area (Å²) >= 11 is 0.417. The lowest BCUT2D eigenvalue weighted by Crippen LogP contribution is -2.58. The van der Waals surface area contributed by atoms with E-state index < -0.39 is 0 Å². The molecule has 0 heterocycles. The van der Waals surface area contributed by atoms with Gasteiger partial charge in [0, 0.05) is 11.1 Å². The van der Waals surface area contributed by atoms with Gasteiger partial charge in [-0.3, -0.25) is 0 Å². The molecule has 0 aliphatic rings. The summed E-state index contributed by atoms with van der Waals surface area (Å²) in [6.45, 7) is 7.69. The predicted molar refractivity (Wildman–Crippen MR) is 54.0 cm³/mol. The van der Waals surface area contributed by atoms with Crippen LogP contribution < -0.4 is 11.5 Å². The highest BCUT2D eigenvalue weighted by atomic mass is 24.5. The molecule has 11 heavy (non-hydrogen) atoms. The van der Waals surface area contributed by atoms with Crippen molar-refractivity contribution in [1.82, 2.24) is 0 Å². The Labute approximate surface area is 80.8 Å². The Bertz CT molecular complexity index is 77.2. The van der Waals surface area contributed by atoms with Crippen molar-refractivity contribution < 1.29 is 0 Å². The standard InChI is InChI=1S/C6H16N2.2CH3.Mg/c1-5(2,7)6(3,4)8;;;/h7-8H2,1-4H3;2*1H3;. The zero-order valence-corrected chi connectivity index (χ0v) is 10.3. The Morgan fingerprint density at radius 1 is 0.818 bits per heavy atom. The number of hydrogen-bond donors (Lipinski definition) is 2. The van der Waals surface area contributed by atoms with Crippen LogP contribution in [0.25, 0.3) is 0 Å². The summed E-state index contributed by atoms with van der Waals surface area (Å²) in [4.78, 5) is 0. The lowest BCUT2D eigenvalue weighted by molar-refractivity contribution is 0.309. The van der Waals surface area contributed by atoms with Gasteiger partial charge in [-0.15, -0.1) is 0 Å². The molecule has 0 aromatic rings. The molecule has 0 saturated carbocycles. The Morgan fingerprint density at radius 3 is 0.909 bits per heavy atom. The summed E-state index contributed by atoms with van der Waals surface area (Å²) in [5.41, 5.74) is 10.8. The van der Waals surface area contributed by atoms with Gasteiger partial charge in [0.15, 0.2) is 0 Å². The first-order valence-electron chi connectivity index (χ1n) is 4.24. The van der Waals surface area contributed by atoms with E-state index in [1.807, 2.05) is 27.7 Å². The van der Waals surface area contributed by atoms with E-state index in [1.54, 1.807) is 0 Å². The minimum atomic E-state index is -0.285. The Hall–Kier alpha value is 0.686. The van der Waals surface area contributed by atoms with E-state index >= 15 is 0 Å². The number of nitrogens with two attached hydrogens (primary N) is 2. The summed E-state index contributed by atoms with van der Waals surface area (Å²) in [7, 11) is 0. The molecule has 2 nitrogen and oxygen atoms in total. The third-order valence-electron chi connectivity index (χ3n) is 1.66. The van der Waals surface area contributed by atoms with E-state index in [0.717, 1.165) is 0 Å². The van der Waals surface area contributed by atoms with Crippen LogP contribution >= 0.6 is 0 Å².